The molecule has 0 radical (unpaired) electrons. The molecule has 12 nitrogen and oxygen atoms in total. The minimum atomic E-state index is -0.215. The Morgan fingerprint density at radius 1 is 1.05 bits per heavy atom. The minimum absolute atomic E-state index is 0.0162. The highest BCUT2D eigenvalue weighted by Gasteiger charge is 2.28. The smallest absolute Gasteiger partial charge is 0.278 e. The second-order valence-electron chi connectivity index (χ2n) is 11.4. The van der Waals surface area contributed by atoms with Gasteiger partial charge in [0.25, 0.3) is 11.5 Å². The van der Waals surface area contributed by atoms with Gasteiger partial charge in [0, 0.05) is 48.1 Å². The number of ether oxygens (including phenoxy) is 1. The van der Waals surface area contributed by atoms with Gasteiger partial charge in [-0.15, -0.1) is 0 Å². The average molecular weight is 578 g/mol. The third-order valence-electron chi connectivity index (χ3n) is 8.56. The number of fused-ring (bicyclic) bond motifs is 6. The number of rotatable bonds is 3. The third kappa shape index (κ3) is 4.36. The van der Waals surface area contributed by atoms with E-state index < -0.39 is 0 Å². The van der Waals surface area contributed by atoms with E-state index >= 15 is 0 Å². The Morgan fingerprint density at radius 2 is 1.98 bits per heavy atom. The summed E-state index contributed by atoms with van der Waals surface area (Å²) in [6.07, 6.45) is 10.4. The molecule has 0 spiro atoms. The van der Waals surface area contributed by atoms with Gasteiger partial charge in [0.1, 0.15) is 5.39 Å². The van der Waals surface area contributed by atoms with Crippen molar-refractivity contribution in [3.63, 3.8) is 0 Å². The van der Waals surface area contributed by atoms with Gasteiger partial charge in [-0.25, -0.2) is 19.3 Å². The van der Waals surface area contributed by atoms with Gasteiger partial charge < -0.3 is 19.5 Å². The molecule has 3 aliphatic heterocycles. The predicted octanol–water partition coefficient (Wildman–Crippen LogP) is 3.63. The lowest BCUT2D eigenvalue weighted by Crippen LogP contribution is -2.40. The van der Waals surface area contributed by atoms with Crippen LogP contribution in [0.1, 0.15) is 25.3 Å². The van der Waals surface area contributed by atoms with Crippen LogP contribution in [-0.4, -0.2) is 73.0 Å². The Kier molecular flexibility index (Phi) is 6.03. The van der Waals surface area contributed by atoms with E-state index in [1.807, 2.05) is 18.2 Å². The Morgan fingerprint density at radius 3 is 2.86 bits per heavy atom. The summed E-state index contributed by atoms with van der Waals surface area (Å²) in [4.78, 5) is 44.5. The molecule has 218 valence electrons. The molecule has 1 atom stereocenters. The standard InChI is InChI=1S/C31H31N9O3/c1-36-14-11-22(18-36)37-15-10-20-16-21(6-7-24(20)37)33-31-32-17-23-28(35-31)40-26-9-8-25-29(34-26)38(27(41)19-43-25)12-4-2-3-5-13-39(40)30(23)42/h3,5-10,15-17,22H,2,4,11-14,18-19H2,1H3,(H,32,33,35)/b5-3-. The van der Waals surface area contributed by atoms with E-state index in [1.54, 1.807) is 32.6 Å². The molecule has 1 saturated heterocycles. The van der Waals surface area contributed by atoms with E-state index in [4.69, 9.17) is 14.7 Å². The normalized spacial score (nSPS) is 19.6. The summed E-state index contributed by atoms with van der Waals surface area (Å²) < 4.78 is 11.3. The summed E-state index contributed by atoms with van der Waals surface area (Å²) in [5.41, 5.74) is 2.26. The van der Waals surface area contributed by atoms with Gasteiger partial charge in [-0.2, -0.15) is 4.98 Å². The maximum absolute atomic E-state index is 13.6. The van der Waals surface area contributed by atoms with Crippen molar-refractivity contribution in [2.45, 2.75) is 31.8 Å². The summed E-state index contributed by atoms with van der Waals surface area (Å²) in [5, 5.41) is 4.85. The summed E-state index contributed by atoms with van der Waals surface area (Å²) in [6.45, 7) is 3.03. The molecule has 2 bridgehead atoms. The molecule has 8 rings (SSSR count). The van der Waals surface area contributed by atoms with Crippen LogP contribution in [0.15, 0.2) is 65.7 Å². The Bertz CT molecular complexity index is 1990. The molecule has 0 saturated carbocycles. The maximum Gasteiger partial charge on any atom is 0.278 e. The second-order valence-corrected chi connectivity index (χ2v) is 11.4. The van der Waals surface area contributed by atoms with Crippen LogP contribution in [0, 0.1) is 0 Å². The monoisotopic (exact) mass is 577 g/mol. The number of hydrogen-bond acceptors (Lipinski definition) is 8. The quantitative estimate of drug-likeness (QED) is 0.324. The van der Waals surface area contributed by atoms with Crippen LogP contribution in [0.3, 0.4) is 0 Å². The van der Waals surface area contributed by atoms with Crippen molar-refractivity contribution < 1.29 is 9.53 Å². The number of benzene rings is 1. The van der Waals surface area contributed by atoms with E-state index in [0.717, 1.165) is 43.4 Å². The maximum atomic E-state index is 13.6. The molecule has 1 aromatic carbocycles. The van der Waals surface area contributed by atoms with Gasteiger partial charge in [-0.05, 0) is 69.3 Å². The molecule has 1 amide bonds. The van der Waals surface area contributed by atoms with Gasteiger partial charge in [0.2, 0.25) is 5.95 Å². The topological polar surface area (TPSA) is 115 Å². The summed E-state index contributed by atoms with van der Waals surface area (Å²) in [7, 11) is 2.16. The van der Waals surface area contributed by atoms with Gasteiger partial charge >= 0.3 is 0 Å². The Labute approximate surface area is 246 Å². The van der Waals surface area contributed by atoms with Crippen molar-refractivity contribution in [2.75, 3.05) is 43.5 Å². The molecule has 1 N–H and O–H groups in total. The van der Waals surface area contributed by atoms with Crippen LogP contribution < -0.4 is 20.5 Å². The van der Waals surface area contributed by atoms with Crippen molar-refractivity contribution in [2.24, 2.45) is 0 Å². The molecule has 4 aromatic heterocycles. The third-order valence-corrected chi connectivity index (χ3v) is 8.56. The van der Waals surface area contributed by atoms with E-state index in [-0.39, 0.29) is 18.1 Å². The molecule has 3 aliphatic rings. The Balaban J connectivity index is 1.20. The first-order valence-corrected chi connectivity index (χ1v) is 14.7. The molecule has 12 heteroatoms. The van der Waals surface area contributed by atoms with Crippen LogP contribution in [0.4, 0.5) is 17.5 Å². The second kappa shape index (κ2) is 10.1. The zero-order chi connectivity index (χ0) is 29.1. The molecule has 0 aliphatic carbocycles. The van der Waals surface area contributed by atoms with Gasteiger partial charge in [-0.1, -0.05) is 12.2 Å². The molecule has 1 fully saturated rings. The van der Waals surface area contributed by atoms with E-state index in [2.05, 4.69) is 51.2 Å². The van der Waals surface area contributed by atoms with Crippen LogP contribution in [0.2, 0.25) is 0 Å². The molecule has 43 heavy (non-hydrogen) atoms. The number of nitrogens with one attached hydrogen (secondary N) is 1. The van der Waals surface area contributed by atoms with Crippen LogP contribution >= 0.6 is 0 Å². The molecule has 5 aromatic rings. The van der Waals surface area contributed by atoms with Crippen molar-refractivity contribution in [3.05, 3.63) is 71.3 Å². The minimum Gasteiger partial charge on any atom is -0.480 e. The Hall–Kier alpha value is -4.97. The van der Waals surface area contributed by atoms with Crippen molar-refractivity contribution in [3.8, 4) is 11.6 Å². The first kappa shape index (κ1) is 25.7. The van der Waals surface area contributed by atoms with Crippen molar-refractivity contribution in [1.29, 1.82) is 0 Å². The number of nitrogens with zero attached hydrogens (tertiary/aromatic N) is 8. The number of pyridine rings is 1. The number of aromatic nitrogens is 6. The van der Waals surface area contributed by atoms with E-state index in [9.17, 15) is 9.59 Å². The molecular formula is C31H31N9O3. The van der Waals surface area contributed by atoms with Gasteiger partial charge in [-0.3, -0.25) is 14.5 Å². The fraction of sp³-hybridized carbons (Fsp3) is 0.323. The number of hydrogen-bond donors (Lipinski definition) is 1. The summed E-state index contributed by atoms with van der Waals surface area (Å²) in [6, 6.07) is 12.5. The number of carbonyl (C=O) groups excluding carboxylic acids is 1. The van der Waals surface area contributed by atoms with Crippen LogP contribution in [-0.2, 0) is 11.3 Å². The number of amides is 1. The number of likely N-dealkylation sites (tertiary alicyclic amines) is 1. The van der Waals surface area contributed by atoms with Crippen molar-refractivity contribution >= 4 is 45.3 Å². The lowest BCUT2D eigenvalue weighted by molar-refractivity contribution is -0.121. The van der Waals surface area contributed by atoms with E-state index in [0.29, 0.717) is 53.5 Å². The summed E-state index contributed by atoms with van der Waals surface area (Å²) >= 11 is 0. The summed E-state index contributed by atoms with van der Waals surface area (Å²) in [5.74, 6) is 1.70. The number of likely N-dealkylation sites (N-methyl/N-ethyl adjacent to an activating group) is 1. The fourth-order valence-corrected chi connectivity index (χ4v) is 6.39. The molecular weight excluding hydrogens is 546 g/mol. The molecule has 1 unspecified atom stereocenters. The van der Waals surface area contributed by atoms with Crippen LogP contribution in [0.5, 0.6) is 5.75 Å². The SMILES string of the molecule is CN1CCC(n2ccc3cc(Nc4ncc5c(=O)n6n(c5n4)-c4ccc5c(n4)N(CCC/C=C\C6)C(=O)CO5)ccc32)C1. The predicted molar refractivity (Wildman–Crippen MR) is 164 cm³/mol. The highest BCUT2D eigenvalue weighted by Crippen LogP contribution is 2.33. The highest BCUT2D eigenvalue weighted by molar-refractivity contribution is 5.96. The zero-order valence-electron chi connectivity index (χ0n) is 23.8. The highest BCUT2D eigenvalue weighted by atomic mass is 16.5. The van der Waals surface area contributed by atoms with E-state index in [1.165, 1.54) is 5.52 Å². The lowest BCUT2D eigenvalue weighted by atomic mass is 10.2. The van der Waals surface area contributed by atoms with Crippen LogP contribution in [0.25, 0.3) is 27.8 Å². The molecule has 7 heterocycles. The van der Waals surface area contributed by atoms with Gasteiger partial charge in [0.05, 0.1) is 6.54 Å². The first-order chi connectivity index (χ1) is 21.0. The number of carbonyl (C=O) groups is 1. The van der Waals surface area contributed by atoms with Gasteiger partial charge in [0.15, 0.2) is 29.6 Å². The number of allylic oxidation sites excluding steroid dienone is 2. The number of anilines is 3. The van der Waals surface area contributed by atoms with Crippen molar-refractivity contribution in [1.82, 2.24) is 33.8 Å². The largest absolute Gasteiger partial charge is 0.480 e. The fourth-order valence-electron chi connectivity index (χ4n) is 6.39. The zero-order valence-corrected chi connectivity index (χ0v) is 23.8. The lowest BCUT2D eigenvalue weighted by Gasteiger charge is -2.28. The average Bonchev–Trinajstić information content (AvgIpc) is 3.70. The first-order valence-electron chi connectivity index (χ1n) is 14.7.